The molecule has 0 amide bonds. The maximum atomic E-state index is 11.6. The number of allylic oxidation sites excluding steroid dienone is 2. The molecular weight excluding hydrogens is 518 g/mol. The van der Waals surface area contributed by atoms with Crippen LogP contribution in [0.15, 0.2) is 12.2 Å². The smallest absolute Gasteiger partial charge is 0.311 e. The van der Waals surface area contributed by atoms with Crippen LogP contribution in [0.2, 0.25) is 0 Å². The van der Waals surface area contributed by atoms with Gasteiger partial charge >= 0.3 is 11.9 Å². The van der Waals surface area contributed by atoms with Crippen molar-refractivity contribution in [1.29, 1.82) is 0 Å². The van der Waals surface area contributed by atoms with E-state index in [2.05, 4.69) is 19.1 Å². The summed E-state index contributed by atoms with van der Waals surface area (Å²) in [5.41, 5.74) is 0. The molecule has 0 saturated carbocycles. The van der Waals surface area contributed by atoms with Gasteiger partial charge in [0.15, 0.2) is 0 Å². The molecule has 3 unspecified atom stereocenters. The molecular formula is C34H63NO6. The van der Waals surface area contributed by atoms with E-state index < -0.39 is 35.7 Å². The summed E-state index contributed by atoms with van der Waals surface area (Å²) < 4.78 is 0.180. The molecule has 0 heterocycles. The topological polar surface area (TPSA) is 115 Å². The lowest BCUT2D eigenvalue weighted by molar-refractivity contribution is -0.934. The van der Waals surface area contributed by atoms with Crippen molar-refractivity contribution in [3.63, 3.8) is 0 Å². The average Bonchev–Trinajstić information content (AvgIpc) is 2.91. The maximum absolute atomic E-state index is 11.6. The van der Waals surface area contributed by atoms with Crippen LogP contribution in [-0.2, 0) is 14.4 Å². The van der Waals surface area contributed by atoms with Crippen molar-refractivity contribution in [3.05, 3.63) is 12.2 Å². The molecule has 0 aliphatic rings. The quantitative estimate of drug-likeness (QED) is 0.0547. The maximum Gasteiger partial charge on any atom is 0.311 e. The lowest BCUT2D eigenvalue weighted by Crippen LogP contribution is -2.58. The highest BCUT2D eigenvalue weighted by Crippen LogP contribution is 2.22. The summed E-state index contributed by atoms with van der Waals surface area (Å²) in [7, 11) is 0. The lowest BCUT2D eigenvalue weighted by atomic mass is 10.0. The Hall–Kier alpha value is -1.89. The van der Waals surface area contributed by atoms with E-state index in [1.807, 2.05) is 0 Å². The molecule has 0 fully saturated rings. The average molecular weight is 582 g/mol. The van der Waals surface area contributed by atoms with Gasteiger partial charge in [-0.15, -0.1) is 0 Å². The second-order valence-electron chi connectivity index (χ2n) is 12.7. The fourth-order valence-corrected chi connectivity index (χ4v) is 5.87. The number of carboxylic acid groups (broad SMARTS) is 3. The summed E-state index contributed by atoms with van der Waals surface area (Å²) in [4.78, 5) is 34.7. The Morgan fingerprint density at radius 3 is 1.29 bits per heavy atom. The number of carboxylic acids is 3. The van der Waals surface area contributed by atoms with Crippen LogP contribution in [0.4, 0.5) is 0 Å². The van der Waals surface area contributed by atoms with Gasteiger partial charge in [-0.05, 0) is 52.4 Å². The Bertz CT molecular complexity index is 667. The predicted octanol–water partition coefficient (Wildman–Crippen LogP) is 7.23. The number of hydrogen-bond donors (Lipinski definition) is 2. The summed E-state index contributed by atoms with van der Waals surface area (Å²) in [5.74, 6) is -5.25. The van der Waals surface area contributed by atoms with Gasteiger partial charge in [-0.3, -0.25) is 9.59 Å². The van der Waals surface area contributed by atoms with Gasteiger partial charge < -0.3 is 24.6 Å². The first-order chi connectivity index (χ1) is 19.5. The molecule has 3 atom stereocenters. The zero-order valence-corrected chi connectivity index (χ0v) is 26.9. The van der Waals surface area contributed by atoms with Gasteiger partial charge in [0.25, 0.3) is 0 Å². The van der Waals surface area contributed by atoms with Gasteiger partial charge in [0.2, 0.25) is 0 Å². The Balaban J connectivity index is 4.28. The first kappa shape index (κ1) is 39.1. The number of carbonyl (C=O) groups is 3. The van der Waals surface area contributed by atoms with E-state index in [1.165, 1.54) is 83.5 Å². The van der Waals surface area contributed by atoms with Gasteiger partial charge in [0, 0.05) is 11.9 Å². The number of nitrogens with zero attached hydrogens (tertiary/aromatic N) is 1. The van der Waals surface area contributed by atoms with Crippen molar-refractivity contribution in [1.82, 2.24) is 0 Å². The van der Waals surface area contributed by atoms with Crippen LogP contribution in [0.1, 0.15) is 143 Å². The number of carbonyl (C=O) groups excluding carboxylic acids is 1. The normalized spacial score (nSPS) is 15.4. The minimum absolute atomic E-state index is 0.180. The van der Waals surface area contributed by atoms with E-state index in [9.17, 15) is 29.7 Å². The molecule has 0 aromatic rings. The third-order valence-corrected chi connectivity index (χ3v) is 8.37. The van der Waals surface area contributed by atoms with Crippen molar-refractivity contribution < 1.29 is 34.2 Å². The number of unbranched alkanes of at least 4 members (excludes halogenated alkanes) is 16. The third kappa shape index (κ3) is 21.5. The third-order valence-electron chi connectivity index (χ3n) is 8.37. The van der Waals surface area contributed by atoms with Gasteiger partial charge in [-0.1, -0.05) is 103 Å². The van der Waals surface area contributed by atoms with E-state index in [-0.39, 0.29) is 24.1 Å². The molecule has 41 heavy (non-hydrogen) atoms. The minimum atomic E-state index is -1.18. The fraction of sp³-hybridized carbons (Fsp3) is 0.853. The Labute approximate surface area is 251 Å². The van der Waals surface area contributed by atoms with E-state index in [4.69, 9.17) is 0 Å². The summed E-state index contributed by atoms with van der Waals surface area (Å²) in [6, 6.07) is 0. The van der Waals surface area contributed by atoms with Crippen LogP contribution in [0.3, 0.4) is 0 Å². The van der Waals surface area contributed by atoms with Crippen LogP contribution in [0.25, 0.3) is 0 Å². The number of rotatable bonds is 29. The predicted molar refractivity (Wildman–Crippen MR) is 165 cm³/mol. The highest BCUT2D eigenvalue weighted by Gasteiger charge is 2.36. The fourth-order valence-electron chi connectivity index (χ4n) is 5.87. The largest absolute Gasteiger partial charge is 0.550 e. The molecule has 7 nitrogen and oxygen atoms in total. The summed E-state index contributed by atoms with van der Waals surface area (Å²) in [5, 5.41) is 30.5. The SMILES string of the molecule is CCCCCCCCCCCC/C=C/CCCCCCCC[N+](CC(C)C(=O)[O-])(CC(C)C(=O)O)CC(C)C(=O)O. The minimum Gasteiger partial charge on any atom is -0.550 e. The number of aliphatic carboxylic acids is 3. The number of quaternary nitrogens is 1. The molecule has 7 heteroatoms. The molecule has 0 aliphatic heterocycles. The van der Waals surface area contributed by atoms with Crippen LogP contribution in [0, 0.1) is 17.8 Å². The van der Waals surface area contributed by atoms with Crippen molar-refractivity contribution >= 4 is 17.9 Å². The van der Waals surface area contributed by atoms with Gasteiger partial charge in [-0.2, -0.15) is 0 Å². The van der Waals surface area contributed by atoms with Crippen molar-refractivity contribution in [2.24, 2.45) is 17.8 Å². The zero-order valence-electron chi connectivity index (χ0n) is 26.9. The van der Waals surface area contributed by atoms with Crippen LogP contribution in [0.5, 0.6) is 0 Å². The molecule has 0 rings (SSSR count). The number of hydrogen-bond acceptors (Lipinski definition) is 4. The molecule has 0 saturated heterocycles. The zero-order chi connectivity index (χ0) is 30.9. The Kier molecular flexibility index (Phi) is 23.5. The van der Waals surface area contributed by atoms with Crippen molar-refractivity contribution in [3.8, 4) is 0 Å². The molecule has 0 aliphatic carbocycles. The molecule has 0 bridgehead atoms. The second-order valence-corrected chi connectivity index (χ2v) is 12.7. The second kappa shape index (κ2) is 24.7. The van der Waals surface area contributed by atoms with E-state index in [1.54, 1.807) is 20.8 Å². The molecule has 0 radical (unpaired) electrons. The Morgan fingerprint density at radius 2 is 0.927 bits per heavy atom. The highest BCUT2D eigenvalue weighted by molar-refractivity contribution is 5.70. The van der Waals surface area contributed by atoms with Gasteiger partial charge in [0.1, 0.15) is 11.8 Å². The van der Waals surface area contributed by atoms with Crippen molar-refractivity contribution in [2.75, 3.05) is 26.2 Å². The van der Waals surface area contributed by atoms with Crippen LogP contribution < -0.4 is 5.11 Å². The standard InChI is InChI=1S/C34H63NO6/c1-5-6-7-8-9-10-11-12-13-14-15-16-17-18-19-20-21-22-23-24-25-35(26-29(2)32(36)37,27-30(3)33(38)39)28-31(4)34(40)41/h16-17,29-31H,5-15,18-28H2,1-4H3,(H2-,36,37,38,39,40,41)/b17-16+. The first-order valence-electron chi connectivity index (χ1n) is 16.7. The lowest BCUT2D eigenvalue weighted by Gasteiger charge is -2.43. The van der Waals surface area contributed by atoms with Crippen LogP contribution in [-0.4, -0.2) is 58.8 Å². The first-order valence-corrected chi connectivity index (χ1v) is 16.7. The van der Waals surface area contributed by atoms with Crippen molar-refractivity contribution in [2.45, 2.75) is 143 Å². The molecule has 0 aromatic carbocycles. The van der Waals surface area contributed by atoms with E-state index >= 15 is 0 Å². The highest BCUT2D eigenvalue weighted by atomic mass is 16.4. The summed E-state index contributed by atoms with van der Waals surface area (Å²) in [6.07, 6.45) is 27.0. The summed E-state index contributed by atoms with van der Waals surface area (Å²) >= 11 is 0. The van der Waals surface area contributed by atoms with Crippen LogP contribution >= 0.6 is 0 Å². The van der Waals surface area contributed by atoms with E-state index in [0.29, 0.717) is 6.54 Å². The van der Waals surface area contributed by atoms with Gasteiger partial charge in [0.05, 0.1) is 26.2 Å². The molecule has 2 N–H and O–H groups in total. The molecule has 0 spiro atoms. The monoisotopic (exact) mass is 581 g/mol. The molecule has 240 valence electrons. The van der Waals surface area contributed by atoms with Gasteiger partial charge in [-0.25, -0.2) is 0 Å². The van der Waals surface area contributed by atoms with E-state index in [0.717, 1.165) is 32.1 Å². The summed E-state index contributed by atoms with van der Waals surface area (Å²) in [6.45, 7) is 8.24. The Morgan fingerprint density at radius 1 is 0.585 bits per heavy atom. The molecule has 0 aromatic heterocycles.